The Balaban J connectivity index is 1.34. The van der Waals surface area contributed by atoms with E-state index in [1.807, 2.05) is 151 Å². The van der Waals surface area contributed by atoms with Crippen LogP contribution in [-0.2, 0) is 16.8 Å². The molecule has 0 spiro atoms. The summed E-state index contributed by atoms with van der Waals surface area (Å²) in [6.45, 7) is 0. The van der Waals surface area contributed by atoms with Crippen LogP contribution in [0.25, 0.3) is 32.3 Å². The van der Waals surface area contributed by atoms with Gasteiger partial charge in [-0.25, -0.2) is 0 Å². The number of nitrogens with zero attached hydrogens (tertiary/aromatic N) is 3. The quantitative estimate of drug-likeness (QED) is 0.164. The summed E-state index contributed by atoms with van der Waals surface area (Å²) in [5, 5.41) is 45.2. The third kappa shape index (κ3) is 3.43. The molecular weight excluding hydrogens is 631 g/mol. The van der Waals surface area contributed by atoms with E-state index >= 15 is 0 Å². The van der Waals surface area contributed by atoms with Gasteiger partial charge in [-0.05, 0) is 85.4 Å². The Morgan fingerprint density at radius 3 is 0.627 bits per heavy atom. The molecule has 6 heteroatoms. The molecule has 51 heavy (non-hydrogen) atoms. The lowest BCUT2D eigenvalue weighted by molar-refractivity contribution is 0.128. The maximum absolute atomic E-state index is 13.2. The van der Waals surface area contributed by atoms with Crippen molar-refractivity contribution in [2.24, 2.45) is 0 Å². The summed E-state index contributed by atoms with van der Waals surface area (Å²) in [4.78, 5) is 6.15. The van der Waals surface area contributed by atoms with Crippen molar-refractivity contribution < 1.29 is 15.3 Å². The van der Waals surface area contributed by atoms with Crippen molar-refractivity contribution in [3.05, 3.63) is 159 Å². The van der Waals surface area contributed by atoms with Gasteiger partial charge in [0.05, 0.1) is 0 Å². The number of benzene rings is 7. The van der Waals surface area contributed by atoms with Crippen LogP contribution < -0.4 is 14.7 Å². The number of hydrogen-bond acceptors (Lipinski definition) is 6. The topological polar surface area (TPSA) is 70.4 Å². The van der Waals surface area contributed by atoms with Gasteiger partial charge in [0.25, 0.3) is 0 Å². The first-order chi connectivity index (χ1) is 24.4. The van der Waals surface area contributed by atoms with E-state index in [9.17, 15) is 15.3 Å². The molecule has 3 N–H and O–H groups in total. The normalized spacial score (nSPS) is 22.1. The van der Waals surface area contributed by atoms with Gasteiger partial charge in [-0.1, -0.05) is 72.8 Å². The molecule has 3 aliphatic rings. The Morgan fingerprint density at radius 2 is 0.471 bits per heavy atom. The van der Waals surface area contributed by atoms with Crippen LogP contribution in [-0.4, -0.2) is 57.6 Å². The summed E-state index contributed by atoms with van der Waals surface area (Å²) in [5.74, 6) is 0. The van der Waals surface area contributed by atoms with Crippen LogP contribution in [0, 0.1) is 0 Å². The number of anilines is 3. The first kappa shape index (κ1) is 30.4. The van der Waals surface area contributed by atoms with Crippen LogP contribution in [0.2, 0.25) is 0 Å². The standard InChI is InChI=1S/C45H39N3O3/c1-46(2)28-13-7-25(8-14-28)43(49)31-19-21-33-39-37(31)38-32(43)20-22-34-40(38)42-36(45(34,51)27-11-17-30(18-12-27)48(5)6)24-23-35(41(39)42)44(33,50)26-9-15-29(16-10-26)47(3)4/h7-24,49-51H,1-6H3. The Hall–Kier alpha value is -5.40. The Labute approximate surface area is 297 Å². The Kier molecular flexibility index (Phi) is 5.77. The van der Waals surface area contributed by atoms with Crippen molar-refractivity contribution in [1.29, 1.82) is 0 Å². The predicted molar refractivity (Wildman–Crippen MR) is 208 cm³/mol. The average Bonchev–Trinajstić information content (AvgIpc) is 3.68. The van der Waals surface area contributed by atoms with Gasteiger partial charge in [-0.3, -0.25) is 0 Å². The molecule has 3 aliphatic carbocycles. The van der Waals surface area contributed by atoms with Crippen molar-refractivity contribution in [1.82, 2.24) is 0 Å². The molecule has 0 amide bonds. The minimum Gasteiger partial charge on any atom is -0.378 e. The highest BCUT2D eigenvalue weighted by Gasteiger charge is 2.53. The van der Waals surface area contributed by atoms with Crippen molar-refractivity contribution in [3.8, 4) is 0 Å². The summed E-state index contributed by atoms with van der Waals surface area (Å²) in [6.07, 6.45) is 0. The van der Waals surface area contributed by atoms with Gasteiger partial charge in [0, 0.05) is 92.7 Å². The molecule has 0 bridgehead atoms. The van der Waals surface area contributed by atoms with Gasteiger partial charge < -0.3 is 30.0 Å². The predicted octanol–water partition coefficient (Wildman–Crippen LogP) is 7.14. The average molecular weight is 670 g/mol. The molecule has 0 atom stereocenters. The third-order valence-corrected chi connectivity index (χ3v) is 12.1. The fourth-order valence-corrected chi connectivity index (χ4v) is 9.55. The molecule has 252 valence electrons. The van der Waals surface area contributed by atoms with Crippen LogP contribution >= 0.6 is 0 Å². The molecule has 0 saturated heterocycles. The Morgan fingerprint density at radius 1 is 0.294 bits per heavy atom. The molecular formula is C45H39N3O3. The van der Waals surface area contributed by atoms with E-state index in [-0.39, 0.29) is 0 Å². The third-order valence-electron chi connectivity index (χ3n) is 12.1. The van der Waals surface area contributed by atoms with Crippen molar-refractivity contribution >= 4 is 49.4 Å². The van der Waals surface area contributed by atoms with Gasteiger partial charge in [0.2, 0.25) is 0 Å². The molecule has 6 nitrogen and oxygen atoms in total. The summed E-state index contributed by atoms with van der Waals surface area (Å²) in [7, 11) is 12.1. The van der Waals surface area contributed by atoms with Crippen LogP contribution in [0.5, 0.6) is 0 Å². The first-order valence-corrected chi connectivity index (χ1v) is 17.5. The van der Waals surface area contributed by atoms with Crippen LogP contribution in [0.1, 0.15) is 50.1 Å². The van der Waals surface area contributed by atoms with Gasteiger partial charge in [-0.2, -0.15) is 0 Å². The second-order valence-electron chi connectivity index (χ2n) is 15.2. The van der Waals surface area contributed by atoms with Gasteiger partial charge in [0.1, 0.15) is 16.8 Å². The SMILES string of the molecule is CN(C)c1ccc(C2(O)c3ccc4c5c3c3c2ccc2c3c3c(ccc(c53)C4(O)c3ccc(N(C)C)cc3)C2(O)c2ccc(N(C)C)cc2)cc1. The highest BCUT2D eigenvalue weighted by Crippen LogP contribution is 2.64. The maximum atomic E-state index is 13.2. The minimum absolute atomic E-state index is 0.777. The molecule has 7 aromatic carbocycles. The lowest BCUT2D eigenvalue weighted by atomic mass is 9.81. The zero-order valence-electron chi connectivity index (χ0n) is 29.6. The monoisotopic (exact) mass is 669 g/mol. The molecule has 0 saturated carbocycles. The largest absolute Gasteiger partial charge is 0.378 e. The second-order valence-corrected chi connectivity index (χ2v) is 15.2. The fourth-order valence-electron chi connectivity index (χ4n) is 9.55. The Bertz CT molecular complexity index is 2220. The van der Waals surface area contributed by atoms with Crippen molar-refractivity contribution in [2.75, 3.05) is 57.0 Å². The van der Waals surface area contributed by atoms with E-state index in [1.165, 1.54) is 0 Å². The minimum atomic E-state index is -1.44. The van der Waals surface area contributed by atoms with Crippen molar-refractivity contribution in [3.63, 3.8) is 0 Å². The van der Waals surface area contributed by atoms with Gasteiger partial charge in [0.15, 0.2) is 0 Å². The van der Waals surface area contributed by atoms with Gasteiger partial charge >= 0.3 is 0 Å². The summed E-state index contributed by atoms with van der Waals surface area (Å²) in [6, 6.07) is 36.4. The molecule has 0 fully saturated rings. The molecule has 0 heterocycles. The van der Waals surface area contributed by atoms with E-state index in [0.29, 0.717) is 0 Å². The molecule has 0 aromatic heterocycles. The zero-order valence-corrected chi connectivity index (χ0v) is 29.6. The summed E-state index contributed by atoms with van der Waals surface area (Å²) < 4.78 is 0. The zero-order chi connectivity index (χ0) is 35.4. The molecule has 0 aliphatic heterocycles. The number of rotatable bonds is 6. The number of aliphatic hydroxyl groups is 3. The van der Waals surface area contributed by atoms with E-state index in [2.05, 4.69) is 14.7 Å². The van der Waals surface area contributed by atoms with Crippen LogP contribution in [0.4, 0.5) is 17.1 Å². The summed E-state index contributed by atoms with van der Waals surface area (Å²) >= 11 is 0. The van der Waals surface area contributed by atoms with Gasteiger partial charge in [-0.15, -0.1) is 0 Å². The van der Waals surface area contributed by atoms with E-state index in [0.717, 1.165) is 99.5 Å². The highest BCUT2D eigenvalue weighted by atomic mass is 16.3. The maximum Gasteiger partial charge on any atom is 0.141 e. The smallest absolute Gasteiger partial charge is 0.141 e. The molecule has 0 radical (unpaired) electrons. The molecule has 7 aromatic rings. The number of hydrogen-bond donors (Lipinski definition) is 3. The summed E-state index contributed by atoms with van der Waals surface area (Å²) in [5.41, 5.74) is 5.91. The van der Waals surface area contributed by atoms with Crippen molar-refractivity contribution in [2.45, 2.75) is 16.8 Å². The van der Waals surface area contributed by atoms with Crippen LogP contribution in [0.15, 0.2) is 109 Å². The van der Waals surface area contributed by atoms with E-state index in [4.69, 9.17) is 0 Å². The van der Waals surface area contributed by atoms with E-state index < -0.39 is 16.8 Å². The van der Waals surface area contributed by atoms with E-state index in [1.54, 1.807) is 0 Å². The highest BCUT2D eigenvalue weighted by molar-refractivity contribution is 6.35. The lowest BCUT2D eigenvalue weighted by Gasteiger charge is -2.29. The second kappa shape index (κ2) is 9.68. The molecule has 10 rings (SSSR count). The lowest BCUT2D eigenvalue weighted by Crippen LogP contribution is -2.28. The van der Waals surface area contributed by atoms with Crippen LogP contribution in [0.3, 0.4) is 0 Å². The fraction of sp³-hybridized carbons (Fsp3) is 0.200. The molecule has 0 unspecified atom stereocenters. The first-order valence-electron chi connectivity index (χ1n) is 17.5.